The largest absolute Gasteiger partial charge is 1.00 e. The van der Waals surface area contributed by atoms with Crippen LogP contribution in [0.15, 0.2) is 23.1 Å². The first-order valence-electron chi connectivity index (χ1n) is 4.87. The minimum atomic E-state index is -4.67. The van der Waals surface area contributed by atoms with Crippen molar-refractivity contribution >= 4 is 28.0 Å². The summed E-state index contributed by atoms with van der Waals surface area (Å²) in [5.74, 6) is -4.70. The number of hydrogen-bond donors (Lipinski definition) is 3. The second-order valence-corrected chi connectivity index (χ2v) is 4.77. The summed E-state index contributed by atoms with van der Waals surface area (Å²) >= 11 is 0. The van der Waals surface area contributed by atoms with Crippen molar-refractivity contribution < 1.29 is 107 Å². The minimum Gasteiger partial charge on any atom is -0.548 e. The molecule has 0 aliphatic heterocycles. The molecule has 0 amide bonds. The van der Waals surface area contributed by atoms with Gasteiger partial charge in [0.15, 0.2) is 0 Å². The number of aliphatic hydroxyl groups is 1. The van der Waals surface area contributed by atoms with Gasteiger partial charge in [-0.05, 0) is 23.8 Å². The van der Waals surface area contributed by atoms with Crippen LogP contribution in [0.5, 0.6) is 0 Å². The Kier molecular flexibility index (Phi) is 14.2. The first kappa shape index (κ1) is 27.4. The van der Waals surface area contributed by atoms with Crippen LogP contribution >= 0.6 is 0 Å². The van der Waals surface area contributed by atoms with Crippen molar-refractivity contribution in [2.24, 2.45) is 0 Å². The molecule has 0 bridgehead atoms. The summed E-state index contributed by atoms with van der Waals surface area (Å²) in [5.41, 5.74) is -1.22. The van der Waals surface area contributed by atoms with Crippen LogP contribution in [0.2, 0.25) is 0 Å². The topological polar surface area (TPSA) is 192 Å². The number of carboxylic acids is 3. The average molecular weight is 366 g/mol. The zero-order valence-corrected chi connectivity index (χ0v) is 16.9. The van der Waals surface area contributed by atoms with Crippen molar-refractivity contribution in [1.29, 1.82) is 0 Å². The molecule has 23 heavy (non-hydrogen) atoms. The first-order valence-corrected chi connectivity index (χ1v) is 6.31. The molecule has 0 aliphatic carbocycles. The van der Waals surface area contributed by atoms with Gasteiger partial charge >= 0.3 is 65.1 Å². The fraction of sp³-hybridized carbons (Fsp3) is 0.100. The molecular formula is C10H8Na2O10S. The fourth-order valence-corrected chi connectivity index (χ4v) is 1.54. The molecule has 1 aromatic rings. The van der Waals surface area contributed by atoms with Crippen molar-refractivity contribution in [3.63, 3.8) is 0 Å². The summed E-state index contributed by atoms with van der Waals surface area (Å²) in [7, 11) is -4.67. The van der Waals surface area contributed by atoms with Crippen molar-refractivity contribution in [3.8, 4) is 0 Å². The van der Waals surface area contributed by atoms with Crippen LogP contribution in [0.3, 0.4) is 0 Å². The molecule has 0 fully saturated rings. The molecule has 116 valence electrons. The summed E-state index contributed by atoms with van der Waals surface area (Å²) in [6.45, 7) is -0.889. The Morgan fingerprint density at radius 1 is 1.00 bits per heavy atom. The summed E-state index contributed by atoms with van der Waals surface area (Å²) < 4.78 is 30.1. The Balaban J connectivity index is -0.000000502. The van der Waals surface area contributed by atoms with Gasteiger partial charge in [0.1, 0.15) is 0 Å². The molecule has 13 heteroatoms. The summed E-state index contributed by atoms with van der Waals surface area (Å²) in [6.07, 6.45) is 0. The quantitative estimate of drug-likeness (QED) is 0.340. The van der Waals surface area contributed by atoms with E-state index < -0.39 is 50.7 Å². The third kappa shape index (κ3) is 10.8. The number of aliphatic hydroxyl groups excluding tert-OH is 1. The Morgan fingerprint density at radius 3 is 1.65 bits per heavy atom. The molecule has 0 radical (unpaired) electrons. The number of benzene rings is 1. The second kappa shape index (κ2) is 11.9. The van der Waals surface area contributed by atoms with E-state index >= 15 is 0 Å². The predicted octanol–water partition coefficient (Wildman–Crippen LogP) is -9.27. The Hall–Kier alpha value is -0.500. The Bertz CT molecular complexity index is 638. The molecule has 1 rings (SSSR count). The van der Waals surface area contributed by atoms with Crippen LogP contribution in [0.4, 0.5) is 0 Å². The monoisotopic (exact) mass is 366 g/mol. The Morgan fingerprint density at radius 2 is 1.39 bits per heavy atom. The molecule has 0 saturated heterocycles. The molecule has 0 heterocycles. The van der Waals surface area contributed by atoms with Gasteiger partial charge in [0, 0.05) is 0 Å². The molecule has 0 unspecified atom stereocenters. The molecule has 0 aliphatic rings. The van der Waals surface area contributed by atoms with E-state index in [2.05, 4.69) is 0 Å². The summed E-state index contributed by atoms with van der Waals surface area (Å²) in [6, 6.07) is 1.98. The van der Waals surface area contributed by atoms with Crippen molar-refractivity contribution in [2.45, 2.75) is 4.90 Å². The molecule has 3 N–H and O–H groups in total. The number of rotatable bonds is 4. The van der Waals surface area contributed by atoms with E-state index in [1.165, 1.54) is 0 Å². The van der Waals surface area contributed by atoms with Gasteiger partial charge in [0.2, 0.25) is 0 Å². The number of aromatic carboxylic acids is 2. The van der Waals surface area contributed by atoms with E-state index in [-0.39, 0.29) is 59.1 Å². The van der Waals surface area contributed by atoms with E-state index in [0.29, 0.717) is 12.1 Å². The number of carbonyl (C=O) groups is 3. The third-order valence-electron chi connectivity index (χ3n) is 1.82. The number of aliphatic carboxylic acids is 1. The van der Waals surface area contributed by atoms with E-state index in [4.69, 9.17) is 24.7 Å². The second-order valence-electron chi connectivity index (χ2n) is 3.34. The van der Waals surface area contributed by atoms with Gasteiger partial charge in [-0.1, -0.05) is 0 Å². The van der Waals surface area contributed by atoms with Crippen LogP contribution in [0.1, 0.15) is 20.7 Å². The third-order valence-corrected chi connectivity index (χ3v) is 2.65. The van der Waals surface area contributed by atoms with Crippen LogP contribution in [0.25, 0.3) is 0 Å². The van der Waals surface area contributed by atoms with Gasteiger partial charge in [0.25, 0.3) is 10.1 Å². The molecular weight excluding hydrogens is 358 g/mol. The Labute approximate surface area is 174 Å². The zero-order chi connectivity index (χ0) is 16.8. The van der Waals surface area contributed by atoms with Crippen molar-refractivity contribution in [3.05, 3.63) is 29.3 Å². The molecule has 0 spiro atoms. The molecule has 0 aromatic heterocycles. The van der Waals surface area contributed by atoms with Crippen LogP contribution in [-0.4, -0.2) is 47.7 Å². The number of carbonyl (C=O) groups excluding carboxylic acids is 2. The van der Waals surface area contributed by atoms with E-state index in [9.17, 15) is 23.1 Å². The standard InChI is InChI=1S/C8H6O7S.C2H4O3.2Na/c9-7(10)4-1-5(8(11)12)3-6(2-4)16(13,14)15;3-1-2(4)5;;/h1-3H,(H,9,10)(H,11,12)(H,13,14,15);3H,1H2,(H,4,5);;/q;;2*+1/p-2. The SMILES string of the molecule is O=C([O-])CO.O=C([O-])c1cc(C(=O)O)cc(S(=O)(=O)O)c1.[Na+].[Na+]. The van der Waals surface area contributed by atoms with Gasteiger partial charge in [0.05, 0.1) is 29.0 Å². The van der Waals surface area contributed by atoms with Gasteiger partial charge in [-0.25, -0.2) is 4.79 Å². The predicted molar refractivity (Wildman–Crippen MR) is 59.6 cm³/mol. The van der Waals surface area contributed by atoms with Crippen LogP contribution < -0.4 is 69.3 Å². The van der Waals surface area contributed by atoms with E-state index in [0.717, 1.165) is 6.07 Å². The molecule has 10 nitrogen and oxygen atoms in total. The maximum Gasteiger partial charge on any atom is 1.00 e. The first-order chi connectivity index (χ1) is 9.48. The minimum absolute atomic E-state index is 0. The molecule has 0 atom stereocenters. The van der Waals surface area contributed by atoms with Gasteiger partial charge < -0.3 is 30.0 Å². The van der Waals surface area contributed by atoms with Gasteiger partial charge in [-0.15, -0.1) is 0 Å². The molecule has 1 aromatic carbocycles. The normalized spacial score (nSPS) is 9.30. The maximum absolute atomic E-state index is 10.7. The zero-order valence-electron chi connectivity index (χ0n) is 12.0. The molecule has 0 saturated carbocycles. The smallest absolute Gasteiger partial charge is 0.548 e. The average Bonchev–Trinajstić information content (AvgIpc) is 2.37. The number of hydrogen-bond acceptors (Lipinski definition) is 8. The van der Waals surface area contributed by atoms with E-state index in [1.54, 1.807) is 0 Å². The van der Waals surface area contributed by atoms with Crippen LogP contribution in [-0.2, 0) is 14.9 Å². The summed E-state index contributed by atoms with van der Waals surface area (Å²) in [5, 5.41) is 35.6. The van der Waals surface area contributed by atoms with Gasteiger partial charge in [-0.3, -0.25) is 4.55 Å². The van der Waals surface area contributed by atoms with Crippen molar-refractivity contribution in [1.82, 2.24) is 0 Å². The van der Waals surface area contributed by atoms with Crippen LogP contribution in [0, 0.1) is 0 Å². The fourth-order valence-electron chi connectivity index (χ4n) is 0.989. The van der Waals surface area contributed by atoms with E-state index in [1.807, 2.05) is 0 Å². The number of carboxylic acid groups (broad SMARTS) is 3. The van der Waals surface area contributed by atoms with Crippen molar-refractivity contribution in [2.75, 3.05) is 6.61 Å². The summed E-state index contributed by atoms with van der Waals surface area (Å²) in [4.78, 5) is 29.2. The van der Waals surface area contributed by atoms with Gasteiger partial charge in [-0.2, -0.15) is 8.42 Å². The maximum atomic E-state index is 10.7.